The minimum atomic E-state index is -0.895. The number of rotatable bonds is 8. The van der Waals surface area contributed by atoms with Crippen LogP contribution in [0.4, 0.5) is 0 Å². The Hall–Kier alpha value is -3.29. The summed E-state index contributed by atoms with van der Waals surface area (Å²) in [4.78, 5) is 12.9. The molecule has 0 aliphatic heterocycles. The minimum absolute atomic E-state index is 0.00983. The van der Waals surface area contributed by atoms with Crippen LogP contribution >= 0.6 is 11.6 Å². The smallest absolute Gasteiger partial charge is 0.314 e. The first-order chi connectivity index (χ1) is 15.0. The third kappa shape index (κ3) is 6.34. The van der Waals surface area contributed by atoms with Crippen LogP contribution in [-0.2, 0) is 16.0 Å². The van der Waals surface area contributed by atoms with E-state index in [-0.39, 0.29) is 12.3 Å². The molecule has 4 nitrogen and oxygen atoms in total. The summed E-state index contributed by atoms with van der Waals surface area (Å²) in [5.41, 5.74) is 1.67. The molecule has 0 fully saturated rings. The van der Waals surface area contributed by atoms with E-state index < -0.39 is 18.0 Å². The van der Waals surface area contributed by atoms with Gasteiger partial charge in [-0.2, -0.15) is 5.26 Å². The minimum Gasteiger partial charge on any atom is -0.457 e. The first-order valence-corrected chi connectivity index (χ1v) is 10.5. The Morgan fingerprint density at radius 3 is 2.29 bits per heavy atom. The van der Waals surface area contributed by atoms with E-state index >= 15 is 0 Å². The summed E-state index contributed by atoms with van der Waals surface area (Å²) in [7, 11) is 0. The Balaban J connectivity index is 1.69. The van der Waals surface area contributed by atoms with Gasteiger partial charge in [0.1, 0.15) is 17.6 Å². The molecule has 0 aliphatic rings. The van der Waals surface area contributed by atoms with Crippen molar-refractivity contribution in [3.63, 3.8) is 0 Å². The van der Waals surface area contributed by atoms with Crippen LogP contribution in [0.15, 0.2) is 78.9 Å². The fourth-order valence-electron chi connectivity index (χ4n) is 3.37. The summed E-state index contributed by atoms with van der Waals surface area (Å²) >= 11 is 5.97. The van der Waals surface area contributed by atoms with Crippen LogP contribution in [0.2, 0.25) is 5.02 Å². The Bertz CT molecular complexity index is 1040. The number of halogens is 1. The standard InChI is InChI=1S/C26H24ClNO3/c1-18(2)25(20-11-13-21(27)14-12-20)26(29)31-24(17-28)16-19-7-6-10-23(15-19)30-22-8-4-3-5-9-22/h3-15,18,24-25H,16H2,1-2H3. The Labute approximate surface area is 188 Å². The van der Waals surface area contributed by atoms with Gasteiger partial charge in [-0.15, -0.1) is 0 Å². The second-order valence-corrected chi connectivity index (χ2v) is 8.03. The van der Waals surface area contributed by atoms with Gasteiger partial charge in [0.15, 0.2) is 6.10 Å². The molecule has 0 saturated carbocycles. The van der Waals surface area contributed by atoms with Crippen molar-refractivity contribution < 1.29 is 14.3 Å². The number of para-hydroxylation sites is 1. The zero-order chi connectivity index (χ0) is 22.2. The highest BCUT2D eigenvalue weighted by Crippen LogP contribution is 2.28. The van der Waals surface area contributed by atoms with Crippen molar-refractivity contribution in [1.82, 2.24) is 0 Å². The molecule has 0 radical (unpaired) electrons. The van der Waals surface area contributed by atoms with Crippen LogP contribution in [0.1, 0.15) is 30.9 Å². The summed E-state index contributed by atoms with van der Waals surface area (Å²) in [6.45, 7) is 3.90. The van der Waals surface area contributed by atoms with Crippen molar-refractivity contribution in [1.29, 1.82) is 5.26 Å². The molecular formula is C26H24ClNO3. The molecule has 0 aliphatic carbocycles. The quantitative estimate of drug-likeness (QED) is 0.378. The fourth-order valence-corrected chi connectivity index (χ4v) is 3.49. The van der Waals surface area contributed by atoms with Gasteiger partial charge in [0.2, 0.25) is 0 Å². The van der Waals surface area contributed by atoms with Crippen molar-refractivity contribution in [2.75, 3.05) is 0 Å². The first kappa shape index (κ1) is 22.4. The highest BCUT2D eigenvalue weighted by molar-refractivity contribution is 6.30. The second-order valence-electron chi connectivity index (χ2n) is 7.59. The number of nitriles is 1. The number of hydrogen-bond acceptors (Lipinski definition) is 4. The second kappa shape index (κ2) is 10.7. The van der Waals surface area contributed by atoms with Crippen LogP contribution in [0.3, 0.4) is 0 Å². The molecule has 31 heavy (non-hydrogen) atoms. The maximum absolute atomic E-state index is 12.9. The molecule has 3 rings (SSSR count). The van der Waals surface area contributed by atoms with E-state index in [0.717, 1.165) is 16.9 Å². The van der Waals surface area contributed by atoms with Crippen molar-refractivity contribution in [2.45, 2.75) is 32.3 Å². The van der Waals surface area contributed by atoms with Crippen molar-refractivity contribution in [2.24, 2.45) is 5.92 Å². The van der Waals surface area contributed by atoms with Crippen LogP contribution < -0.4 is 4.74 Å². The van der Waals surface area contributed by atoms with E-state index in [2.05, 4.69) is 6.07 Å². The molecule has 0 amide bonds. The van der Waals surface area contributed by atoms with E-state index in [4.69, 9.17) is 21.1 Å². The maximum Gasteiger partial charge on any atom is 0.314 e. The molecular weight excluding hydrogens is 410 g/mol. The number of hydrogen-bond donors (Lipinski definition) is 0. The summed E-state index contributed by atoms with van der Waals surface area (Å²) < 4.78 is 11.4. The predicted molar refractivity (Wildman–Crippen MR) is 121 cm³/mol. The molecule has 0 heterocycles. The monoisotopic (exact) mass is 433 g/mol. The Morgan fingerprint density at radius 1 is 0.968 bits per heavy atom. The van der Waals surface area contributed by atoms with E-state index in [9.17, 15) is 10.1 Å². The summed E-state index contributed by atoms with van der Waals surface area (Å²) in [5.74, 6) is 0.510. The molecule has 0 spiro atoms. The van der Waals surface area contributed by atoms with Gasteiger partial charge in [0, 0.05) is 11.4 Å². The third-order valence-corrected chi connectivity index (χ3v) is 5.10. The Morgan fingerprint density at radius 2 is 1.65 bits per heavy atom. The van der Waals surface area contributed by atoms with Gasteiger partial charge in [0.25, 0.3) is 0 Å². The van der Waals surface area contributed by atoms with Gasteiger partial charge in [-0.25, -0.2) is 0 Å². The van der Waals surface area contributed by atoms with E-state index in [0.29, 0.717) is 10.8 Å². The third-order valence-electron chi connectivity index (χ3n) is 4.85. The number of benzene rings is 3. The van der Waals surface area contributed by atoms with E-state index in [1.807, 2.05) is 80.6 Å². The zero-order valence-corrected chi connectivity index (χ0v) is 18.3. The number of nitrogens with zero attached hydrogens (tertiary/aromatic N) is 1. The molecule has 0 bridgehead atoms. The topological polar surface area (TPSA) is 59.3 Å². The van der Waals surface area contributed by atoms with E-state index in [1.54, 1.807) is 12.1 Å². The summed E-state index contributed by atoms with van der Waals surface area (Å²) in [6.07, 6.45) is -0.618. The van der Waals surface area contributed by atoms with Gasteiger partial charge in [-0.1, -0.05) is 67.9 Å². The maximum atomic E-state index is 12.9. The molecule has 0 saturated heterocycles. The fraction of sp³-hybridized carbons (Fsp3) is 0.231. The molecule has 158 valence electrons. The lowest BCUT2D eigenvalue weighted by atomic mass is 9.88. The van der Waals surface area contributed by atoms with Crippen molar-refractivity contribution in [3.05, 3.63) is 95.0 Å². The summed E-state index contributed by atoms with van der Waals surface area (Å²) in [6, 6.07) is 26.1. The van der Waals surface area contributed by atoms with Crippen molar-refractivity contribution >= 4 is 17.6 Å². The molecule has 5 heteroatoms. The lowest BCUT2D eigenvalue weighted by Gasteiger charge is -2.22. The van der Waals surface area contributed by atoms with Gasteiger partial charge < -0.3 is 9.47 Å². The first-order valence-electron chi connectivity index (χ1n) is 10.1. The highest BCUT2D eigenvalue weighted by atomic mass is 35.5. The summed E-state index contributed by atoms with van der Waals surface area (Å²) in [5, 5.41) is 10.2. The average Bonchev–Trinajstić information content (AvgIpc) is 2.75. The molecule has 0 N–H and O–H groups in total. The normalized spacial score (nSPS) is 12.6. The van der Waals surface area contributed by atoms with Gasteiger partial charge >= 0.3 is 5.97 Å². The van der Waals surface area contributed by atoms with Crippen LogP contribution in [0.25, 0.3) is 0 Å². The average molecular weight is 434 g/mol. The molecule has 0 aromatic heterocycles. The van der Waals surface area contributed by atoms with Crippen LogP contribution in [0, 0.1) is 17.2 Å². The zero-order valence-electron chi connectivity index (χ0n) is 17.5. The number of carbonyl (C=O) groups is 1. The van der Waals surface area contributed by atoms with Crippen molar-refractivity contribution in [3.8, 4) is 17.6 Å². The Kier molecular flexibility index (Phi) is 7.70. The molecule has 3 aromatic carbocycles. The highest BCUT2D eigenvalue weighted by Gasteiger charge is 2.28. The van der Waals surface area contributed by atoms with E-state index in [1.165, 1.54) is 0 Å². The van der Waals surface area contributed by atoms with Gasteiger partial charge in [-0.3, -0.25) is 4.79 Å². The number of carbonyl (C=O) groups excluding carboxylic acids is 1. The largest absolute Gasteiger partial charge is 0.457 e. The number of ether oxygens (including phenoxy) is 2. The molecule has 2 atom stereocenters. The molecule has 3 aromatic rings. The SMILES string of the molecule is CC(C)C(C(=O)OC(C#N)Cc1cccc(Oc2ccccc2)c1)c1ccc(Cl)cc1. The molecule has 2 unspecified atom stereocenters. The van der Waals surface area contributed by atoms with Gasteiger partial charge in [0.05, 0.1) is 5.92 Å². The van der Waals surface area contributed by atoms with Crippen LogP contribution in [-0.4, -0.2) is 12.1 Å². The number of esters is 1. The lowest BCUT2D eigenvalue weighted by molar-refractivity contribution is -0.149. The predicted octanol–water partition coefficient (Wildman–Crippen LogP) is 6.55. The van der Waals surface area contributed by atoms with Gasteiger partial charge in [-0.05, 0) is 53.4 Å². The lowest BCUT2D eigenvalue weighted by Crippen LogP contribution is -2.26. The van der Waals surface area contributed by atoms with Crippen LogP contribution in [0.5, 0.6) is 11.5 Å².